The van der Waals surface area contributed by atoms with Crippen molar-refractivity contribution in [1.29, 1.82) is 0 Å². The number of Topliss-reactive ketones (excluding diaryl/α,β-unsaturated/α-hetero) is 1. The topological polar surface area (TPSA) is 50.4 Å². The molecule has 156 valence electrons. The summed E-state index contributed by atoms with van der Waals surface area (Å²) in [5.74, 6) is 1.07. The summed E-state index contributed by atoms with van der Waals surface area (Å²) in [5, 5.41) is 7.84. The summed E-state index contributed by atoms with van der Waals surface area (Å²) in [6.45, 7) is 0. The first-order valence-electron chi connectivity index (χ1n) is 10.4. The summed E-state index contributed by atoms with van der Waals surface area (Å²) < 4.78 is 5.40. The van der Waals surface area contributed by atoms with Crippen LogP contribution in [0.4, 0.5) is 11.4 Å². The average molecular weight is 431 g/mol. The third kappa shape index (κ3) is 3.79. The molecule has 0 amide bonds. The second kappa shape index (κ2) is 8.12. The van der Waals surface area contributed by atoms with Gasteiger partial charge in [0.05, 0.1) is 24.5 Å². The zero-order chi connectivity index (χ0) is 21.4. The minimum Gasteiger partial charge on any atom is -0.497 e. The van der Waals surface area contributed by atoms with Crippen molar-refractivity contribution in [1.82, 2.24) is 0 Å². The Kier molecular flexibility index (Phi) is 5.16. The standard InChI is InChI=1S/C26H23ClN2O2/c1-31-20-6-4-5-17(13-20)18-14-23-25(24(30)15-18)26(16-9-11-19(27)12-10-16)29-22-8-3-2-7-21(22)28-23/h2-13,18,26,28-29H,14-15H2,1H3. The minimum absolute atomic E-state index is 0.102. The normalized spacial score (nSPS) is 20.1. The van der Waals surface area contributed by atoms with Crippen molar-refractivity contribution >= 4 is 28.8 Å². The lowest BCUT2D eigenvalue weighted by Gasteiger charge is -2.30. The molecule has 1 aliphatic carbocycles. The Hall–Kier alpha value is -3.24. The number of hydrogen-bond acceptors (Lipinski definition) is 4. The Labute approximate surface area is 186 Å². The molecule has 31 heavy (non-hydrogen) atoms. The lowest BCUT2D eigenvalue weighted by molar-refractivity contribution is -0.116. The maximum atomic E-state index is 13.5. The third-order valence-corrected chi connectivity index (χ3v) is 6.33. The predicted molar refractivity (Wildman–Crippen MR) is 125 cm³/mol. The van der Waals surface area contributed by atoms with E-state index < -0.39 is 0 Å². The van der Waals surface area contributed by atoms with E-state index in [1.807, 2.05) is 66.7 Å². The largest absolute Gasteiger partial charge is 0.497 e. The van der Waals surface area contributed by atoms with Gasteiger partial charge in [-0.2, -0.15) is 0 Å². The molecule has 5 rings (SSSR count). The number of anilines is 2. The second-order valence-electron chi connectivity index (χ2n) is 8.00. The number of halogens is 1. The molecule has 2 unspecified atom stereocenters. The minimum atomic E-state index is -0.234. The Morgan fingerprint density at radius 2 is 1.68 bits per heavy atom. The third-order valence-electron chi connectivity index (χ3n) is 6.08. The molecule has 2 N–H and O–H groups in total. The number of ketones is 1. The number of para-hydroxylation sites is 2. The Balaban J connectivity index is 1.59. The summed E-state index contributed by atoms with van der Waals surface area (Å²) in [6, 6.07) is 23.6. The Morgan fingerprint density at radius 1 is 0.903 bits per heavy atom. The highest BCUT2D eigenvalue weighted by molar-refractivity contribution is 6.30. The molecule has 5 heteroatoms. The first kappa shape index (κ1) is 19.7. The van der Waals surface area contributed by atoms with Crippen LogP contribution in [-0.2, 0) is 4.79 Å². The first-order valence-corrected chi connectivity index (χ1v) is 10.8. The zero-order valence-electron chi connectivity index (χ0n) is 17.2. The molecule has 2 atom stereocenters. The summed E-state index contributed by atoms with van der Waals surface area (Å²) in [6.07, 6.45) is 1.23. The Morgan fingerprint density at radius 3 is 2.45 bits per heavy atom. The maximum Gasteiger partial charge on any atom is 0.163 e. The van der Waals surface area contributed by atoms with Gasteiger partial charge in [0.15, 0.2) is 5.78 Å². The molecular formula is C26H23ClN2O2. The molecule has 0 aromatic heterocycles. The van der Waals surface area contributed by atoms with E-state index in [1.54, 1.807) is 7.11 Å². The molecular weight excluding hydrogens is 408 g/mol. The fourth-order valence-corrected chi connectivity index (χ4v) is 4.65. The summed E-state index contributed by atoms with van der Waals surface area (Å²) in [7, 11) is 1.66. The van der Waals surface area contributed by atoms with E-state index in [2.05, 4.69) is 16.7 Å². The molecule has 1 heterocycles. The fraction of sp³-hybridized carbons (Fsp3) is 0.192. The van der Waals surface area contributed by atoms with Crippen LogP contribution < -0.4 is 15.4 Å². The lowest BCUT2D eigenvalue weighted by atomic mass is 9.78. The van der Waals surface area contributed by atoms with Gasteiger partial charge in [-0.15, -0.1) is 0 Å². The molecule has 1 aliphatic heterocycles. The van der Waals surface area contributed by atoms with E-state index in [4.69, 9.17) is 16.3 Å². The van der Waals surface area contributed by atoms with Crippen LogP contribution in [0.25, 0.3) is 0 Å². The highest BCUT2D eigenvalue weighted by atomic mass is 35.5. The molecule has 3 aromatic carbocycles. The molecule has 0 fully saturated rings. The van der Waals surface area contributed by atoms with E-state index in [0.29, 0.717) is 11.4 Å². The number of carbonyl (C=O) groups is 1. The van der Waals surface area contributed by atoms with Crippen LogP contribution in [-0.4, -0.2) is 12.9 Å². The number of allylic oxidation sites excluding steroid dienone is 1. The maximum absolute atomic E-state index is 13.5. The van der Waals surface area contributed by atoms with Crippen LogP contribution in [0.2, 0.25) is 5.02 Å². The monoisotopic (exact) mass is 430 g/mol. The van der Waals surface area contributed by atoms with E-state index in [1.165, 1.54) is 0 Å². The smallest absolute Gasteiger partial charge is 0.163 e. The quantitative estimate of drug-likeness (QED) is 0.509. The second-order valence-corrected chi connectivity index (χ2v) is 8.43. The molecule has 4 nitrogen and oxygen atoms in total. The first-order chi connectivity index (χ1) is 15.1. The molecule has 2 aliphatic rings. The highest BCUT2D eigenvalue weighted by Crippen LogP contribution is 2.44. The fourth-order valence-electron chi connectivity index (χ4n) is 4.53. The van der Waals surface area contributed by atoms with Crippen LogP contribution in [0.1, 0.15) is 35.9 Å². The van der Waals surface area contributed by atoms with Crippen molar-refractivity contribution < 1.29 is 9.53 Å². The number of methoxy groups -OCH3 is 1. The zero-order valence-corrected chi connectivity index (χ0v) is 17.9. The van der Waals surface area contributed by atoms with Crippen molar-refractivity contribution in [2.24, 2.45) is 0 Å². The van der Waals surface area contributed by atoms with Crippen molar-refractivity contribution in [3.05, 3.63) is 100 Å². The van der Waals surface area contributed by atoms with Crippen molar-refractivity contribution in [3.8, 4) is 5.75 Å². The molecule has 0 saturated carbocycles. The molecule has 0 saturated heterocycles. The van der Waals surface area contributed by atoms with Crippen LogP contribution in [0, 0.1) is 0 Å². The van der Waals surface area contributed by atoms with Gasteiger partial charge in [-0.05, 0) is 59.9 Å². The SMILES string of the molecule is COc1cccc(C2CC(=O)C3=C(C2)Nc2ccccc2NC3c2ccc(Cl)cc2)c1. The number of rotatable bonds is 3. The van der Waals surface area contributed by atoms with Gasteiger partial charge in [0.2, 0.25) is 0 Å². The van der Waals surface area contributed by atoms with Gasteiger partial charge in [-0.25, -0.2) is 0 Å². The summed E-state index contributed by atoms with van der Waals surface area (Å²) >= 11 is 6.12. The number of carbonyl (C=O) groups excluding carboxylic acids is 1. The molecule has 0 radical (unpaired) electrons. The summed E-state index contributed by atoms with van der Waals surface area (Å²) in [5.41, 5.74) is 5.87. The summed E-state index contributed by atoms with van der Waals surface area (Å²) in [4.78, 5) is 13.5. The van der Waals surface area contributed by atoms with Gasteiger partial charge >= 0.3 is 0 Å². The van der Waals surface area contributed by atoms with Crippen molar-refractivity contribution in [2.75, 3.05) is 17.7 Å². The van der Waals surface area contributed by atoms with Crippen LogP contribution in [0.5, 0.6) is 5.75 Å². The van der Waals surface area contributed by atoms with Crippen LogP contribution >= 0.6 is 11.6 Å². The molecule has 0 bridgehead atoms. The van der Waals surface area contributed by atoms with Crippen molar-refractivity contribution in [3.63, 3.8) is 0 Å². The van der Waals surface area contributed by atoms with Gasteiger partial charge in [0.25, 0.3) is 0 Å². The van der Waals surface area contributed by atoms with E-state index in [-0.39, 0.29) is 17.7 Å². The highest BCUT2D eigenvalue weighted by Gasteiger charge is 2.36. The van der Waals surface area contributed by atoms with E-state index >= 15 is 0 Å². The predicted octanol–water partition coefficient (Wildman–Crippen LogP) is 6.33. The van der Waals surface area contributed by atoms with Crippen molar-refractivity contribution in [2.45, 2.75) is 24.8 Å². The van der Waals surface area contributed by atoms with Gasteiger partial charge < -0.3 is 15.4 Å². The van der Waals surface area contributed by atoms with E-state index in [9.17, 15) is 4.79 Å². The lowest BCUT2D eigenvalue weighted by Crippen LogP contribution is -2.26. The average Bonchev–Trinajstić information content (AvgIpc) is 2.96. The molecule has 0 spiro atoms. The number of benzene rings is 3. The van der Waals surface area contributed by atoms with Crippen LogP contribution in [0.3, 0.4) is 0 Å². The number of nitrogens with one attached hydrogen (secondary N) is 2. The Bertz CT molecular complexity index is 1170. The van der Waals surface area contributed by atoms with Gasteiger partial charge in [-0.1, -0.05) is 48.0 Å². The number of fused-ring (bicyclic) bond motifs is 1. The van der Waals surface area contributed by atoms with Gasteiger partial charge in [-0.3, -0.25) is 4.79 Å². The van der Waals surface area contributed by atoms with Crippen LogP contribution in [0.15, 0.2) is 84.1 Å². The number of ether oxygens (including phenoxy) is 1. The van der Waals surface area contributed by atoms with E-state index in [0.717, 1.165) is 45.9 Å². The van der Waals surface area contributed by atoms with Gasteiger partial charge in [0.1, 0.15) is 5.75 Å². The number of hydrogen-bond donors (Lipinski definition) is 2. The molecule has 3 aromatic rings. The van der Waals surface area contributed by atoms with Gasteiger partial charge in [0, 0.05) is 22.7 Å².